The Morgan fingerprint density at radius 1 is 1.21 bits per heavy atom. The van der Waals surface area contributed by atoms with Crippen molar-refractivity contribution in [2.45, 2.75) is 25.8 Å². The standard InChI is InChI=1S/C19H25N3O2/c1-23-17-8-6-16(7-9-17)14-22-19(21-13-15-4-5-15)20-11-10-18-3-2-12-24-18/h2-3,6-9,12,15H,4-5,10-11,13-14H2,1H3,(H2,20,21,22). The first-order chi connectivity index (χ1) is 11.8. The number of hydrogen-bond acceptors (Lipinski definition) is 3. The molecule has 1 aliphatic carbocycles. The number of aliphatic imine (C=N–C) groups is 1. The molecule has 0 radical (unpaired) electrons. The van der Waals surface area contributed by atoms with E-state index < -0.39 is 0 Å². The second-order valence-corrected chi connectivity index (χ2v) is 6.09. The number of nitrogens with one attached hydrogen (secondary N) is 2. The number of furan rings is 1. The molecule has 0 spiro atoms. The van der Waals surface area contributed by atoms with Gasteiger partial charge in [0.25, 0.3) is 0 Å². The first-order valence-electron chi connectivity index (χ1n) is 8.51. The van der Waals surface area contributed by atoms with Crippen LogP contribution in [-0.2, 0) is 13.0 Å². The molecule has 2 N–H and O–H groups in total. The van der Waals surface area contributed by atoms with E-state index in [9.17, 15) is 0 Å². The van der Waals surface area contributed by atoms with Gasteiger partial charge in [-0.25, -0.2) is 4.99 Å². The van der Waals surface area contributed by atoms with E-state index in [2.05, 4.69) is 10.6 Å². The maximum absolute atomic E-state index is 5.36. The molecule has 1 aliphatic rings. The Morgan fingerprint density at radius 2 is 2.04 bits per heavy atom. The van der Waals surface area contributed by atoms with E-state index in [1.54, 1.807) is 13.4 Å². The second-order valence-electron chi connectivity index (χ2n) is 6.09. The van der Waals surface area contributed by atoms with E-state index in [0.717, 1.165) is 48.5 Å². The number of ether oxygens (including phenoxy) is 1. The van der Waals surface area contributed by atoms with Gasteiger partial charge in [-0.15, -0.1) is 0 Å². The van der Waals surface area contributed by atoms with Crippen LogP contribution in [0.25, 0.3) is 0 Å². The fourth-order valence-corrected chi connectivity index (χ4v) is 2.40. The summed E-state index contributed by atoms with van der Waals surface area (Å²) in [7, 11) is 1.68. The Morgan fingerprint density at radius 3 is 2.71 bits per heavy atom. The molecule has 5 heteroatoms. The molecule has 1 aromatic heterocycles. The third-order valence-corrected chi connectivity index (χ3v) is 4.08. The van der Waals surface area contributed by atoms with Crippen LogP contribution in [0.4, 0.5) is 0 Å². The molecule has 1 fully saturated rings. The summed E-state index contributed by atoms with van der Waals surface area (Å²) < 4.78 is 10.5. The van der Waals surface area contributed by atoms with Crippen molar-refractivity contribution in [3.8, 4) is 5.75 Å². The molecule has 0 bridgehead atoms. The third-order valence-electron chi connectivity index (χ3n) is 4.08. The van der Waals surface area contributed by atoms with Gasteiger partial charge >= 0.3 is 0 Å². The highest BCUT2D eigenvalue weighted by Crippen LogP contribution is 2.27. The molecule has 0 unspecified atom stereocenters. The van der Waals surface area contributed by atoms with Crippen LogP contribution in [0.15, 0.2) is 52.1 Å². The van der Waals surface area contributed by atoms with Crippen LogP contribution in [0.5, 0.6) is 5.75 Å². The molecule has 1 heterocycles. The van der Waals surface area contributed by atoms with E-state index in [4.69, 9.17) is 14.1 Å². The lowest BCUT2D eigenvalue weighted by molar-refractivity contribution is 0.414. The zero-order valence-corrected chi connectivity index (χ0v) is 14.1. The fraction of sp³-hybridized carbons (Fsp3) is 0.421. The number of guanidine groups is 1. The summed E-state index contributed by atoms with van der Waals surface area (Å²) in [6.07, 6.45) is 5.20. The molecule has 0 atom stereocenters. The average molecular weight is 327 g/mol. The molecule has 5 nitrogen and oxygen atoms in total. The number of benzene rings is 1. The van der Waals surface area contributed by atoms with E-state index in [0.29, 0.717) is 6.54 Å². The first kappa shape index (κ1) is 16.4. The monoisotopic (exact) mass is 327 g/mol. The van der Waals surface area contributed by atoms with Crippen molar-refractivity contribution < 1.29 is 9.15 Å². The Hall–Kier alpha value is -2.43. The normalized spacial score (nSPS) is 14.5. The van der Waals surface area contributed by atoms with Gasteiger partial charge in [0.15, 0.2) is 5.96 Å². The molecule has 1 aromatic carbocycles. The maximum atomic E-state index is 5.36. The van der Waals surface area contributed by atoms with Gasteiger partial charge in [-0.05, 0) is 48.6 Å². The Labute approximate surface area is 143 Å². The maximum Gasteiger partial charge on any atom is 0.191 e. The Kier molecular flexibility index (Phi) is 5.77. The molecular weight excluding hydrogens is 302 g/mol. The lowest BCUT2D eigenvalue weighted by atomic mass is 10.2. The van der Waals surface area contributed by atoms with Gasteiger partial charge in [-0.2, -0.15) is 0 Å². The largest absolute Gasteiger partial charge is 0.497 e. The summed E-state index contributed by atoms with van der Waals surface area (Å²) in [4.78, 5) is 4.69. The zero-order chi connectivity index (χ0) is 16.6. The molecule has 0 amide bonds. The van der Waals surface area contributed by atoms with Gasteiger partial charge in [-0.3, -0.25) is 0 Å². The van der Waals surface area contributed by atoms with Crippen LogP contribution < -0.4 is 15.4 Å². The van der Waals surface area contributed by atoms with Gasteiger partial charge in [0.1, 0.15) is 11.5 Å². The molecule has 3 rings (SSSR count). The molecular formula is C19H25N3O2. The Bertz CT molecular complexity index is 631. The summed E-state index contributed by atoms with van der Waals surface area (Å²) >= 11 is 0. The van der Waals surface area contributed by atoms with E-state index in [1.165, 1.54) is 12.8 Å². The lowest BCUT2D eigenvalue weighted by Gasteiger charge is -2.12. The minimum absolute atomic E-state index is 0.644. The molecule has 24 heavy (non-hydrogen) atoms. The highest BCUT2D eigenvalue weighted by Gasteiger charge is 2.21. The van der Waals surface area contributed by atoms with Gasteiger partial charge in [-0.1, -0.05) is 12.1 Å². The average Bonchev–Trinajstić information content (AvgIpc) is 3.31. The van der Waals surface area contributed by atoms with Crippen molar-refractivity contribution in [2.24, 2.45) is 10.9 Å². The third kappa shape index (κ3) is 5.33. The van der Waals surface area contributed by atoms with E-state index in [1.807, 2.05) is 36.4 Å². The van der Waals surface area contributed by atoms with Crippen LogP contribution in [0.1, 0.15) is 24.2 Å². The van der Waals surface area contributed by atoms with Crippen LogP contribution in [0, 0.1) is 5.92 Å². The van der Waals surface area contributed by atoms with E-state index in [-0.39, 0.29) is 0 Å². The van der Waals surface area contributed by atoms with Gasteiger partial charge in [0.2, 0.25) is 0 Å². The summed E-state index contributed by atoms with van der Waals surface area (Å²) in [6, 6.07) is 11.9. The molecule has 1 saturated carbocycles. The minimum Gasteiger partial charge on any atom is -0.497 e. The SMILES string of the molecule is COc1ccc(CN=C(NCCc2ccco2)NCC2CC2)cc1. The lowest BCUT2D eigenvalue weighted by Crippen LogP contribution is -2.39. The smallest absolute Gasteiger partial charge is 0.191 e. The predicted octanol–water partition coefficient (Wildman–Crippen LogP) is 2.98. The summed E-state index contributed by atoms with van der Waals surface area (Å²) in [5.74, 6) is 3.53. The number of hydrogen-bond donors (Lipinski definition) is 2. The van der Waals surface area contributed by atoms with Crippen LogP contribution in [-0.4, -0.2) is 26.2 Å². The molecule has 2 aromatic rings. The molecule has 128 valence electrons. The van der Waals surface area contributed by atoms with Crippen LogP contribution >= 0.6 is 0 Å². The van der Waals surface area contributed by atoms with Crippen LogP contribution in [0.2, 0.25) is 0 Å². The highest BCUT2D eigenvalue weighted by molar-refractivity contribution is 5.79. The van der Waals surface area contributed by atoms with Gasteiger partial charge in [0, 0.05) is 19.5 Å². The highest BCUT2D eigenvalue weighted by atomic mass is 16.5. The fourth-order valence-electron chi connectivity index (χ4n) is 2.40. The predicted molar refractivity (Wildman–Crippen MR) is 95.3 cm³/mol. The van der Waals surface area contributed by atoms with Gasteiger partial charge < -0.3 is 19.8 Å². The summed E-state index contributed by atoms with van der Waals surface area (Å²) in [6.45, 7) is 2.44. The van der Waals surface area contributed by atoms with Crippen LogP contribution in [0.3, 0.4) is 0 Å². The van der Waals surface area contributed by atoms with Crippen molar-refractivity contribution in [1.82, 2.24) is 10.6 Å². The summed E-state index contributed by atoms with van der Waals surface area (Å²) in [5, 5.41) is 6.83. The van der Waals surface area contributed by atoms with Crippen molar-refractivity contribution in [2.75, 3.05) is 20.2 Å². The van der Waals surface area contributed by atoms with Crippen molar-refractivity contribution >= 4 is 5.96 Å². The summed E-state index contributed by atoms with van der Waals surface area (Å²) in [5.41, 5.74) is 1.16. The van der Waals surface area contributed by atoms with Crippen molar-refractivity contribution in [3.05, 3.63) is 54.0 Å². The number of rotatable bonds is 8. The first-order valence-corrected chi connectivity index (χ1v) is 8.51. The zero-order valence-electron chi connectivity index (χ0n) is 14.1. The molecule has 0 aliphatic heterocycles. The van der Waals surface area contributed by atoms with Crippen molar-refractivity contribution in [3.63, 3.8) is 0 Å². The molecule has 0 saturated heterocycles. The quantitative estimate of drug-likeness (QED) is 0.578. The second kappa shape index (κ2) is 8.43. The van der Waals surface area contributed by atoms with E-state index >= 15 is 0 Å². The number of nitrogens with zero attached hydrogens (tertiary/aromatic N) is 1. The van der Waals surface area contributed by atoms with Gasteiger partial charge in [0.05, 0.1) is 19.9 Å². The number of methoxy groups -OCH3 is 1. The topological polar surface area (TPSA) is 58.8 Å². The van der Waals surface area contributed by atoms with Crippen molar-refractivity contribution in [1.29, 1.82) is 0 Å². The Balaban J connectivity index is 1.52. The minimum atomic E-state index is 0.644.